The van der Waals surface area contributed by atoms with Gasteiger partial charge in [0.1, 0.15) is 0 Å². The first-order chi connectivity index (χ1) is 12.3. The van der Waals surface area contributed by atoms with Crippen LogP contribution < -0.4 is 5.32 Å². The number of urea groups is 1. The summed E-state index contributed by atoms with van der Waals surface area (Å²) < 4.78 is 0. The number of benzene rings is 2. The second kappa shape index (κ2) is 7.36. The zero-order valence-corrected chi connectivity index (χ0v) is 15.8. The van der Waals surface area contributed by atoms with E-state index in [1.165, 1.54) is 0 Å². The number of fused-ring (bicyclic) bond motifs is 1. The number of anilines is 1. The number of carbonyl (C=O) groups excluding carboxylic acids is 2. The Hall–Kier alpha value is -2.56. The molecule has 0 atom stereocenters. The van der Waals surface area contributed by atoms with Gasteiger partial charge < -0.3 is 15.1 Å². The molecule has 1 aliphatic heterocycles. The summed E-state index contributed by atoms with van der Waals surface area (Å²) in [7, 11) is 0. The van der Waals surface area contributed by atoms with E-state index in [0.717, 1.165) is 22.9 Å². The Morgan fingerprint density at radius 1 is 0.885 bits per heavy atom. The maximum absolute atomic E-state index is 12.6. The standard InChI is InChI=1S/C21H27N3O2/c1-21(2,3)19(25)23-11-6-12-24(14-13-23)20(26)22-18-10-9-16-7-4-5-8-17(16)15-18/h4-5,7-10,15H,6,11-14H2,1-3H3,(H,22,26). The number of rotatable bonds is 1. The molecule has 138 valence electrons. The van der Waals surface area contributed by atoms with Gasteiger partial charge in [0.25, 0.3) is 0 Å². The van der Waals surface area contributed by atoms with Crippen LogP contribution in [0.1, 0.15) is 27.2 Å². The van der Waals surface area contributed by atoms with Gasteiger partial charge in [0.05, 0.1) is 0 Å². The van der Waals surface area contributed by atoms with Crippen molar-refractivity contribution in [2.75, 3.05) is 31.5 Å². The summed E-state index contributed by atoms with van der Waals surface area (Å²) in [5.41, 5.74) is 0.406. The van der Waals surface area contributed by atoms with Gasteiger partial charge in [-0.15, -0.1) is 0 Å². The fourth-order valence-electron chi connectivity index (χ4n) is 3.27. The Morgan fingerprint density at radius 2 is 1.54 bits per heavy atom. The van der Waals surface area contributed by atoms with Crippen molar-refractivity contribution < 1.29 is 9.59 Å². The lowest BCUT2D eigenvalue weighted by Crippen LogP contribution is -2.42. The highest BCUT2D eigenvalue weighted by Crippen LogP contribution is 2.21. The largest absolute Gasteiger partial charge is 0.340 e. The van der Waals surface area contributed by atoms with Gasteiger partial charge >= 0.3 is 6.03 Å². The first-order valence-electron chi connectivity index (χ1n) is 9.19. The molecule has 2 aromatic rings. The zero-order valence-electron chi connectivity index (χ0n) is 15.8. The quantitative estimate of drug-likeness (QED) is 0.844. The maximum atomic E-state index is 12.6. The average Bonchev–Trinajstić information content (AvgIpc) is 2.86. The molecule has 1 heterocycles. The van der Waals surface area contributed by atoms with E-state index in [0.29, 0.717) is 26.2 Å². The van der Waals surface area contributed by atoms with Crippen molar-refractivity contribution in [3.8, 4) is 0 Å². The second-order valence-corrected chi connectivity index (χ2v) is 7.87. The van der Waals surface area contributed by atoms with Crippen LogP contribution in [0.25, 0.3) is 10.8 Å². The van der Waals surface area contributed by atoms with Crippen molar-refractivity contribution in [3.63, 3.8) is 0 Å². The molecule has 0 spiro atoms. The van der Waals surface area contributed by atoms with E-state index in [4.69, 9.17) is 0 Å². The molecule has 5 heteroatoms. The predicted molar refractivity (Wildman–Crippen MR) is 105 cm³/mol. The fraction of sp³-hybridized carbons (Fsp3) is 0.429. The first-order valence-corrected chi connectivity index (χ1v) is 9.19. The molecule has 3 rings (SSSR count). The molecule has 5 nitrogen and oxygen atoms in total. The minimum absolute atomic E-state index is 0.106. The molecule has 1 saturated heterocycles. The van der Waals surface area contributed by atoms with E-state index in [-0.39, 0.29) is 17.4 Å². The molecule has 0 aromatic heterocycles. The summed E-state index contributed by atoms with van der Waals surface area (Å²) in [6.45, 7) is 8.31. The van der Waals surface area contributed by atoms with Crippen molar-refractivity contribution in [1.29, 1.82) is 0 Å². The minimum Gasteiger partial charge on any atom is -0.340 e. The summed E-state index contributed by atoms with van der Waals surface area (Å²) >= 11 is 0. The number of nitrogens with zero attached hydrogens (tertiary/aromatic N) is 2. The van der Waals surface area contributed by atoms with Crippen molar-refractivity contribution in [2.24, 2.45) is 5.41 Å². The molecular weight excluding hydrogens is 326 g/mol. The zero-order chi connectivity index (χ0) is 18.7. The monoisotopic (exact) mass is 353 g/mol. The molecule has 1 N–H and O–H groups in total. The highest BCUT2D eigenvalue weighted by atomic mass is 16.2. The lowest BCUT2D eigenvalue weighted by Gasteiger charge is -2.28. The lowest BCUT2D eigenvalue weighted by atomic mass is 9.94. The van der Waals surface area contributed by atoms with Gasteiger partial charge in [-0.2, -0.15) is 0 Å². The van der Waals surface area contributed by atoms with Crippen LogP contribution >= 0.6 is 0 Å². The van der Waals surface area contributed by atoms with Crippen LogP contribution in [0, 0.1) is 5.41 Å². The highest BCUT2D eigenvalue weighted by Gasteiger charge is 2.29. The van der Waals surface area contributed by atoms with Crippen LogP contribution in [0.2, 0.25) is 0 Å². The van der Waals surface area contributed by atoms with Crippen LogP contribution in [0.3, 0.4) is 0 Å². The number of hydrogen-bond acceptors (Lipinski definition) is 2. The Morgan fingerprint density at radius 3 is 2.27 bits per heavy atom. The fourth-order valence-corrected chi connectivity index (χ4v) is 3.27. The molecule has 0 saturated carbocycles. The molecule has 3 amide bonds. The Kier molecular flexibility index (Phi) is 5.16. The molecule has 1 fully saturated rings. The van der Waals surface area contributed by atoms with Crippen molar-refractivity contribution >= 4 is 28.4 Å². The molecule has 0 radical (unpaired) electrons. The van der Waals surface area contributed by atoms with E-state index < -0.39 is 0 Å². The summed E-state index contributed by atoms with van der Waals surface area (Å²) in [6, 6.07) is 13.9. The molecular formula is C21H27N3O2. The SMILES string of the molecule is CC(C)(C)C(=O)N1CCCN(C(=O)Nc2ccc3ccccc3c2)CC1. The van der Waals surface area contributed by atoms with E-state index in [2.05, 4.69) is 11.4 Å². The molecule has 26 heavy (non-hydrogen) atoms. The number of amides is 3. The summed E-state index contributed by atoms with van der Waals surface area (Å²) in [5, 5.41) is 5.24. The van der Waals surface area contributed by atoms with Gasteiger partial charge in [0, 0.05) is 37.3 Å². The third-order valence-electron chi connectivity index (χ3n) is 4.71. The Balaban J connectivity index is 1.63. The van der Waals surface area contributed by atoms with Gasteiger partial charge in [-0.1, -0.05) is 51.1 Å². The molecule has 0 bridgehead atoms. The number of nitrogens with one attached hydrogen (secondary N) is 1. The summed E-state index contributed by atoms with van der Waals surface area (Å²) in [5.74, 6) is 0.147. The third-order valence-corrected chi connectivity index (χ3v) is 4.71. The van der Waals surface area contributed by atoms with Crippen LogP contribution in [-0.2, 0) is 4.79 Å². The van der Waals surface area contributed by atoms with Crippen LogP contribution in [-0.4, -0.2) is 47.9 Å². The van der Waals surface area contributed by atoms with Gasteiger partial charge in [-0.3, -0.25) is 4.79 Å². The smallest absolute Gasteiger partial charge is 0.321 e. The Labute approximate surface area is 155 Å². The molecule has 0 aliphatic carbocycles. The van der Waals surface area contributed by atoms with Crippen LogP contribution in [0.4, 0.5) is 10.5 Å². The highest BCUT2D eigenvalue weighted by molar-refractivity contribution is 5.93. The molecule has 0 unspecified atom stereocenters. The van der Waals surface area contributed by atoms with Gasteiger partial charge in [-0.05, 0) is 29.3 Å². The second-order valence-electron chi connectivity index (χ2n) is 7.87. The van der Waals surface area contributed by atoms with Crippen molar-refractivity contribution in [2.45, 2.75) is 27.2 Å². The van der Waals surface area contributed by atoms with E-state index in [9.17, 15) is 9.59 Å². The third kappa shape index (κ3) is 4.15. The van der Waals surface area contributed by atoms with E-state index in [1.54, 1.807) is 4.90 Å². The van der Waals surface area contributed by atoms with E-state index >= 15 is 0 Å². The van der Waals surface area contributed by atoms with Crippen LogP contribution in [0.15, 0.2) is 42.5 Å². The first kappa shape index (κ1) is 18.2. The number of carbonyl (C=O) groups is 2. The lowest BCUT2D eigenvalue weighted by molar-refractivity contribution is -0.139. The summed E-state index contributed by atoms with van der Waals surface area (Å²) in [4.78, 5) is 28.8. The molecule has 2 aromatic carbocycles. The van der Waals surface area contributed by atoms with Gasteiger partial charge in [0.15, 0.2) is 0 Å². The minimum atomic E-state index is -0.386. The average molecular weight is 353 g/mol. The molecule has 1 aliphatic rings. The number of hydrogen-bond donors (Lipinski definition) is 1. The topological polar surface area (TPSA) is 52.7 Å². The summed E-state index contributed by atoms with van der Waals surface area (Å²) in [6.07, 6.45) is 0.799. The van der Waals surface area contributed by atoms with Crippen LogP contribution in [0.5, 0.6) is 0 Å². The van der Waals surface area contributed by atoms with Crippen molar-refractivity contribution in [1.82, 2.24) is 9.80 Å². The van der Waals surface area contributed by atoms with Crippen molar-refractivity contribution in [3.05, 3.63) is 42.5 Å². The Bertz CT molecular complexity index is 810. The van der Waals surface area contributed by atoms with Gasteiger partial charge in [0.2, 0.25) is 5.91 Å². The maximum Gasteiger partial charge on any atom is 0.321 e. The van der Waals surface area contributed by atoms with Gasteiger partial charge in [-0.25, -0.2) is 4.79 Å². The van der Waals surface area contributed by atoms with E-state index in [1.807, 2.05) is 62.1 Å². The normalized spacial score (nSPS) is 15.7. The predicted octanol–water partition coefficient (Wildman–Crippen LogP) is 3.95.